The quantitative estimate of drug-likeness (QED) is 0.452. The Balaban J connectivity index is 1.57. The highest BCUT2D eigenvalue weighted by Crippen LogP contribution is 2.19. The fraction of sp³-hybridized carbons (Fsp3) is 0.545. The normalized spacial score (nSPS) is 17.5. The first-order valence-electron chi connectivity index (χ1n) is 11.0. The van der Waals surface area contributed by atoms with Gasteiger partial charge >= 0.3 is 0 Å². The third-order valence-corrected chi connectivity index (χ3v) is 6.06. The number of pyridine rings is 1. The van der Waals surface area contributed by atoms with Gasteiger partial charge in [-0.1, -0.05) is 12.1 Å². The number of aliphatic hydroxyl groups excluding tert-OH is 1. The molecule has 1 aliphatic rings. The lowest BCUT2D eigenvalue weighted by molar-refractivity contribution is -0.928. The van der Waals surface area contributed by atoms with Gasteiger partial charge in [-0.05, 0) is 54.3 Å². The van der Waals surface area contributed by atoms with Crippen LogP contribution in [0.2, 0.25) is 0 Å². The Morgan fingerprint density at radius 2 is 2.13 bits per heavy atom. The molecule has 1 aliphatic heterocycles. The van der Waals surface area contributed by atoms with Crippen molar-refractivity contribution in [3.63, 3.8) is 0 Å². The van der Waals surface area contributed by atoms with E-state index in [-0.39, 0.29) is 18.3 Å². The van der Waals surface area contributed by atoms with Crippen molar-refractivity contribution in [3.8, 4) is 0 Å². The second-order valence-electron chi connectivity index (χ2n) is 8.45. The highest BCUT2D eigenvalue weighted by atomic mass is 16.5. The molecule has 9 heteroatoms. The van der Waals surface area contributed by atoms with E-state index < -0.39 is 0 Å². The van der Waals surface area contributed by atoms with Crippen LogP contribution in [0.5, 0.6) is 0 Å². The van der Waals surface area contributed by atoms with Gasteiger partial charge in [-0.3, -0.25) is 4.79 Å². The molecule has 2 atom stereocenters. The second-order valence-corrected chi connectivity index (χ2v) is 8.45. The molecular formula is C22H31N6O3+. The van der Waals surface area contributed by atoms with Gasteiger partial charge in [-0.15, -0.1) is 5.10 Å². The van der Waals surface area contributed by atoms with Crippen LogP contribution in [0, 0.1) is 13.8 Å². The van der Waals surface area contributed by atoms with Gasteiger partial charge in [0.2, 0.25) is 5.82 Å². The maximum Gasteiger partial charge on any atom is 0.257 e. The Morgan fingerprint density at radius 1 is 1.29 bits per heavy atom. The Kier molecular flexibility index (Phi) is 6.74. The topological polar surface area (TPSA) is 110 Å². The van der Waals surface area contributed by atoms with Crippen molar-refractivity contribution < 1.29 is 14.7 Å². The van der Waals surface area contributed by atoms with Gasteiger partial charge in [-0.2, -0.15) is 0 Å². The van der Waals surface area contributed by atoms with E-state index in [1.165, 1.54) is 0 Å². The number of aromatic nitrogens is 5. The SMILES string of the molecule is Cc1ccc(C)c2[nH]c(=O)c(C[NH+](CCCO)Cc3nnnn3C[C@@H]3CCCO3)cc12. The maximum atomic E-state index is 12.8. The first-order chi connectivity index (χ1) is 15.0. The van der Waals surface area contributed by atoms with Gasteiger partial charge in [0.15, 0.2) is 0 Å². The number of hydrogen-bond donors (Lipinski definition) is 3. The van der Waals surface area contributed by atoms with E-state index in [0.717, 1.165) is 57.8 Å². The molecule has 31 heavy (non-hydrogen) atoms. The van der Waals surface area contributed by atoms with Crippen LogP contribution >= 0.6 is 0 Å². The average molecular weight is 428 g/mol. The third kappa shape index (κ3) is 5.00. The van der Waals surface area contributed by atoms with E-state index in [1.807, 2.05) is 23.7 Å². The van der Waals surface area contributed by atoms with E-state index in [1.54, 1.807) is 0 Å². The molecule has 4 rings (SSSR count). The number of hydrogen-bond acceptors (Lipinski definition) is 6. The first-order valence-corrected chi connectivity index (χ1v) is 11.0. The molecule has 9 nitrogen and oxygen atoms in total. The van der Waals surface area contributed by atoms with Crippen molar-refractivity contribution in [2.24, 2.45) is 0 Å². The number of nitrogens with one attached hydrogen (secondary N) is 2. The smallest absolute Gasteiger partial charge is 0.257 e. The molecule has 1 saturated heterocycles. The number of aromatic amines is 1. The number of H-pyrrole nitrogens is 1. The Labute approximate surface area is 181 Å². The van der Waals surface area contributed by atoms with E-state index in [0.29, 0.717) is 32.6 Å². The number of quaternary nitrogens is 1. The van der Waals surface area contributed by atoms with Gasteiger partial charge in [0.05, 0.1) is 30.3 Å². The molecule has 3 heterocycles. The summed E-state index contributed by atoms with van der Waals surface area (Å²) in [6.07, 6.45) is 2.88. The summed E-state index contributed by atoms with van der Waals surface area (Å²) in [7, 11) is 0. The molecule has 1 unspecified atom stereocenters. The van der Waals surface area contributed by atoms with Crippen molar-refractivity contribution in [2.75, 3.05) is 19.8 Å². The molecule has 0 aliphatic carbocycles. The van der Waals surface area contributed by atoms with Crippen LogP contribution in [-0.4, -0.2) is 56.2 Å². The molecule has 0 amide bonds. The lowest BCUT2D eigenvalue weighted by Crippen LogP contribution is -3.09. The highest BCUT2D eigenvalue weighted by molar-refractivity contribution is 5.85. The van der Waals surface area contributed by atoms with Crippen LogP contribution in [0.15, 0.2) is 23.0 Å². The molecule has 0 radical (unpaired) electrons. The summed E-state index contributed by atoms with van der Waals surface area (Å²) in [5.41, 5.74) is 3.75. The van der Waals surface area contributed by atoms with Crippen molar-refractivity contribution >= 4 is 10.9 Å². The fourth-order valence-electron chi connectivity index (χ4n) is 4.28. The van der Waals surface area contributed by atoms with Crippen molar-refractivity contribution in [1.82, 2.24) is 25.2 Å². The minimum Gasteiger partial charge on any atom is -0.396 e. The lowest BCUT2D eigenvalue weighted by atomic mass is 10.0. The zero-order valence-electron chi connectivity index (χ0n) is 18.2. The summed E-state index contributed by atoms with van der Waals surface area (Å²) in [4.78, 5) is 17.0. The van der Waals surface area contributed by atoms with Gasteiger partial charge < -0.3 is 19.7 Å². The monoisotopic (exact) mass is 427 g/mol. The van der Waals surface area contributed by atoms with Crippen LogP contribution in [0.3, 0.4) is 0 Å². The summed E-state index contributed by atoms with van der Waals surface area (Å²) in [6.45, 7) is 7.42. The van der Waals surface area contributed by atoms with E-state index in [9.17, 15) is 9.90 Å². The molecule has 3 aromatic rings. The standard InChI is InChI=1S/C22H30N6O3/c1-15-6-7-16(2)21-19(15)11-17(22(30)23-21)12-27(8-4-9-29)14-20-24-25-26-28(20)13-18-5-3-10-31-18/h6-7,11,18,29H,3-5,8-10,12-14H2,1-2H3,(H,23,30)/p+1/t18-/m0/s1. The number of aryl methyl sites for hydroxylation is 2. The van der Waals surface area contributed by atoms with Gasteiger partial charge in [-0.25, -0.2) is 4.68 Å². The minimum absolute atomic E-state index is 0.0679. The maximum absolute atomic E-state index is 12.8. The Morgan fingerprint density at radius 3 is 2.90 bits per heavy atom. The van der Waals surface area contributed by atoms with Crippen LogP contribution in [0.4, 0.5) is 0 Å². The van der Waals surface area contributed by atoms with E-state index in [4.69, 9.17) is 4.74 Å². The first kappa shape index (κ1) is 21.6. The molecule has 1 aromatic carbocycles. The predicted molar refractivity (Wildman–Crippen MR) is 116 cm³/mol. The van der Waals surface area contributed by atoms with Crippen molar-refractivity contribution in [2.45, 2.75) is 58.8 Å². The van der Waals surface area contributed by atoms with E-state index >= 15 is 0 Å². The summed E-state index contributed by atoms with van der Waals surface area (Å²) in [5, 5.41) is 22.7. The summed E-state index contributed by atoms with van der Waals surface area (Å²) in [5.74, 6) is 0.771. The van der Waals surface area contributed by atoms with Gasteiger partial charge in [0, 0.05) is 25.0 Å². The molecule has 166 valence electrons. The Hall–Kier alpha value is -2.62. The minimum atomic E-state index is -0.0679. The summed E-state index contributed by atoms with van der Waals surface area (Å²) >= 11 is 0. The molecule has 1 fully saturated rings. The van der Waals surface area contributed by atoms with Crippen molar-refractivity contribution in [1.29, 1.82) is 0 Å². The fourth-order valence-corrected chi connectivity index (χ4v) is 4.28. The van der Waals surface area contributed by atoms with Gasteiger partial charge in [0.1, 0.15) is 13.1 Å². The van der Waals surface area contributed by atoms with Gasteiger partial charge in [0.25, 0.3) is 5.56 Å². The molecule has 0 saturated carbocycles. The highest BCUT2D eigenvalue weighted by Gasteiger charge is 2.22. The predicted octanol–water partition coefficient (Wildman–Crippen LogP) is 0.278. The third-order valence-electron chi connectivity index (χ3n) is 6.06. The molecule has 3 N–H and O–H groups in total. The van der Waals surface area contributed by atoms with Crippen LogP contribution in [0.1, 0.15) is 41.8 Å². The number of tetrazole rings is 1. The zero-order chi connectivity index (χ0) is 21.8. The number of rotatable bonds is 9. The molecular weight excluding hydrogens is 396 g/mol. The largest absolute Gasteiger partial charge is 0.396 e. The number of fused-ring (bicyclic) bond motifs is 1. The molecule has 2 aromatic heterocycles. The van der Waals surface area contributed by atoms with Crippen molar-refractivity contribution in [3.05, 3.63) is 51.1 Å². The summed E-state index contributed by atoms with van der Waals surface area (Å²) < 4.78 is 7.54. The number of benzene rings is 1. The number of aliphatic hydroxyl groups is 1. The van der Waals surface area contributed by atoms with Crippen LogP contribution in [-0.2, 0) is 24.4 Å². The van der Waals surface area contributed by atoms with E-state index in [2.05, 4.69) is 33.5 Å². The lowest BCUT2D eigenvalue weighted by Gasteiger charge is -2.19. The average Bonchev–Trinajstić information content (AvgIpc) is 3.43. The van der Waals surface area contributed by atoms with Crippen LogP contribution < -0.4 is 10.5 Å². The summed E-state index contributed by atoms with van der Waals surface area (Å²) in [6, 6.07) is 6.11. The molecule has 0 spiro atoms. The Bertz CT molecular complexity index is 1090. The van der Waals surface area contributed by atoms with Crippen LogP contribution in [0.25, 0.3) is 10.9 Å². The zero-order valence-corrected chi connectivity index (χ0v) is 18.2. The second kappa shape index (κ2) is 9.67. The number of ether oxygens (including phenoxy) is 1. The number of nitrogens with zero attached hydrogens (tertiary/aromatic N) is 4. The molecule has 0 bridgehead atoms.